The summed E-state index contributed by atoms with van der Waals surface area (Å²) in [5.74, 6) is -0.511. The highest BCUT2D eigenvalue weighted by atomic mass is 19.1. The Morgan fingerprint density at radius 3 is 2.65 bits per heavy atom. The third kappa shape index (κ3) is 4.02. The molecule has 0 fully saturated rings. The number of hydrogen-bond acceptors (Lipinski definition) is 2. The van der Waals surface area contributed by atoms with Gasteiger partial charge in [-0.3, -0.25) is 9.78 Å². The quantitative estimate of drug-likeness (QED) is 0.867. The Morgan fingerprint density at radius 1 is 1.25 bits per heavy atom. The predicted molar refractivity (Wildman–Crippen MR) is 76.2 cm³/mol. The first kappa shape index (κ1) is 13.9. The van der Waals surface area contributed by atoms with E-state index in [1.807, 2.05) is 25.1 Å². The first-order chi connectivity index (χ1) is 9.65. The normalized spacial score (nSPS) is 12.3. The van der Waals surface area contributed by atoms with Gasteiger partial charge in [0.2, 0.25) is 5.91 Å². The van der Waals surface area contributed by atoms with Crippen LogP contribution in [0.25, 0.3) is 6.08 Å². The van der Waals surface area contributed by atoms with Crippen LogP contribution in [0.5, 0.6) is 0 Å². The lowest BCUT2D eigenvalue weighted by Gasteiger charge is -2.11. The number of halogens is 1. The summed E-state index contributed by atoms with van der Waals surface area (Å²) in [7, 11) is 0. The molecule has 1 atom stereocenters. The molecule has 4 heteroatoms. The second-order valence-electron chi connectivity index (χ2n) is 4.37. The maximum Gasteiger partial charge on any atom is 0.244 e. The van der Waals surface area contributed by atoms with E-state index >= 15 is 0 Å². The van der Waals surface area contributed by atoms with Crippen molar-refractivity contribution in [1.29, 1.82) is 0 Å². The van der Waals surface area contributed by atoms with Crippen LogP contribution >= 0.6 is 0 Å². The second kappa shape index (κ2) is 6.61. The second-order valence-corrected chi connectivity index (χ2v) is 4.37. The van der Waals surface area contributed by atoms with E-state index in [2.05, 4.69) is 10.3 Å². The summed E-state index contributed by atoms with van der Waals surface area (Å²) in [6.45, 7) is 1.87. The molecule has 0 saturated carbocycles. The van der Waals surface area contributed by atoms with Gasteiger partial charge in [0.15, 0.2) is 0 Å². The van der Waals surface area contributed by atoms with Crippen molar-refractivity contribution in [2.24, 2.45) is 0 Å². The summed E-state index contributed by atoms with van der Waals surface area (Å²) in [4.78, 5) is 15.9. The molecule has 0 saturated heterocycles. The van der Waals surface area contributed by atoms with Gasteiger partial charge in [0.1, 0.15) is 5.82 Å². The van der Waals surface area contributed by atoms with Gasteiger partial charge in [0, 0.05) is 12.3 Å². The standard InChI is InChI=1S/C16H15FN2O/c1-12(15-4-2-3-11-18-15)19-16(20)10-7-13-5-8-14(17)9-6-13/h2-12H,1H3,(H,19,20)/b10-7+. The smallest absolute Gasteiger partial charge is 0.244 e. The summed E-state index contributed by atoms with van der Waals surface area (Å²) in [5, 5.41) is 2.82. The fourth-order valence-electron chi connectivity index (χ4n) is 1.71. The van der Waals surface area contributed by atoms with Crippen LogP contribution in [-0.4, -0.2) is 10.9 Å². The zero-order chi connectivity index (χ0) is 14.4. The van der Waals surface area contributed by atoms with E-state index in [0.717, 1.165) is 11.3 Å². The van der Waals surface area contributed by atoms with E-state index in [4.69, 9.17) is 0 Å². The zero-order valence-electron chi connectivity index (χ0n) is 11.1. The lowest BCUT2D eigenvalue weighted by molar-refractivity contribution is -0.117. The molecule has 102 valence electrons. The van der Waals surface area contributed by atoms with Gasteiger partial charge in [-0.2, -0.15) is 0 Å². The van der Waals surface area contributed by atoms with E-state index in [1.54, 1.807) is 24.4 Å². The van der Waals surface area contributed by atoms with Gasteiger partial charge < -0.3 is 5.32 Å². The van der Waals surface area contributed by atoms with Crippen molar-refractivity contribution in [3.63, 3.8) is 0 Å². The summed E-state index contributed by atoms with van der Waals surface area (Å²) in [6.07, 6.45) is 4.75. The Balaban J connectivity index is 1.94. The molecule has 0 radical (unpaired) electrons. The van der Waals surface area contributed by atoms with Crippen molar-refractivity contribution in [2.45, 2.75) is 13.0 Å². The number of rotatable bonds is 4. The highest BCUT2D eigenvalue weighted by molar-refractivity contribution is 5.91. The monoisotopic (exact) mass is 270 g/mol. The van der Waals surface area contributed by atoms with Crippen molar-refractivity contribution >= 4 is 12.0 Å². The van der Waals surface area contributed by atoms with Crippen molar-refractivity contribution in [3.05, 3.63) is 71.8 Å². The molecule has 0 bridgehead atoms. The van der Waals surface area contributed by atoms with Gasteiger partial charge in [-0.05, 0) is 42.8 Å². The molecular weight excluding hydrogens is 255 g/mol. The summed E-state index contributed by atoms with van der Waals surface area (Å²) in [6, 6.07) is 11.3. The summed E-state index contributed by atoms with van der Waals surface area (Å²) < 4.78 is 12.7. The SMILES string of the molecule is CC(NC(=O)/C=C/c1ccc(F)cc1)c1ccccn1. The van der Waals surface area contributed by atoms with Gasteiger partial charge in [0.25, 0.3) is 0 Å². The van der Waals surface area contributed by atoms with E-state index in [-0.39, 0.29) is 17.8 Å². The lowest BCUT2D eigenvalue weighted by Crippen LogP contribution is -2.25. The maximum absolute atomic E-state index is 12.7. The summed E-state index contributed by atoms with van der Waals surface area (Å²) in [5.41, 5.74) is 1.57. The van der Waals surface area contributed by atoms with Gasteiger partial charge in [-0.25, -0.2) is 4.39 Å². The number of pyridine rings is 1. The molecule has 2 aromatic rings. The molecule has 1 heterocycles. The van der Waals surface area contributed by atoms with Crippen LogP contribution in [0.2, 0.25) is 0 Å². The molecule has 1 aromatic heterocycles. The number of hydrogen-bond donors (Lipinski definition) is 1. The third-order valence-corrected chi connectivity index (χ3v) is 2.79. The molecule has 1 N–H and O–H groups in total. The average Bonchev–Trinajstić information content (AvgIpc) is 2.47. The van der Waals surface area contributed by atoms with Gasteiger partial charge in [-0.1, -0.05) is 18.2 Å². The van der Waals surface area contributed by atoms with Crippen LogP contribution in [0.15, 0.2) is 54.7 Å². The van der Waals surface area contributed by atoms with Gasteiger partial charge in [0.05, 0.1) is 11.7 Å². The van der Waals surface area contributed by atoms with Gasteiger partial charge >= 0.3 is 0 Å². The van der Waals surface area contributed by atoms with Crippen molar-refractivity contribution in [3.8, 4) is 0 Å². The van der Waals surface area contributed by atoms with Crippen molar-refractivity contribution in [1.82, 2.24) is 10.3 Å². The number of amides is 1. The molecule has 3 nitrogen and oxygen atoms in total. The molecule has 2 rings (SSSR count). The zero-order valence-corrected chi connectivity index (χ0v) is 11.1. The van der Waals surface area contributed by atoms with E-state index < -0.39 is 0 Å². The molecular formula is C16H15FN2O. The van der Waals surface area contributed by atoms with Crippen LogP contribution in [0.1, 0.15) is 24.2 Å². The Bertz CT molecular complexity index is 594. The maximum atomic E-state index is 12.7. The number of carbonyl (C=O) groups excluding carboxylic acids is 1. The minimum atomic E-state index is -0.296. The first-order valence-electron chi connectivity index (χ1n) is 6.30. The summed E-state index contributed by atoms with van der Waals surface area (Å²) >= 11 is 0. The highest BCUT2D eigenvalue weighted by Gasteiger charge is 2.07. The molecule has 0 aliphatic carbocycles. The molecule has 1 amide bonds. The largest absolute Gasteiger partial charge is 0.344 e. The molecule has 0 spiro atoms. The predicted octanol–water partition coefficient (Wildman–Crippen LogP) is 3.11. The van der Waals surface area contributed by atoms with Crippen LogP contribution in [0, 0.1) is 5.82 Å². The number of benzene rings is 1. The minimum Gasteiger partial charge on any atom is -0.344 e. The van der Waals surface area contributed by atoms with Crippen LogP contribution in [0.4, 0.5) is 4.39 Å². The van der Waals surface area contributed by atoms with Gasteiger partial charge in [-0.15, -0.1) is 0 Å². The average molecular weight is 270 g/mol. The Morgan fingerprint density at radius 2 is 2.00 bits per heavy atom. The molecule has 0 aliphatic rings. The fraction of sp³-hybridized carbons (Fsp3) is 0.125. The fourth-order valence-corrected chi connectivity index (χ4v) is 1.71. The van der Waals surface area contributed by atoms with E-state index in [0.29, 0.717) is 0 Å². The number of aromatic nitrogens is 1. The van der Waals surface area contributed by atoms with E-state index in [1.165, 1.54) is 18.2 Å². The number of carbonyl (C=O) groups is 1. The molecule has 0 aliphatic heterocycles. The topological polar surface area (TPSA) is 42.0 Å². The third-order valence-electron chi connectivity index (χ3n) is 2.79. The highest BCUT2D eigenvalue weighted by Crippen LogP contribution is 2.08. The first-order valence-corrected chi connectivity index (χ1v) is 6.30. The molecule has 1 aromatic carbocycles. The Hall–Kier alpha value is -2.49. The number of nitrogens with one attached hydrogen (secondary N) is 1. The van der Waals surface area contributed by atoms with Crippen molar-refractivity contribution in [2.75, 3.05) is 0 Å². The molecule has 20 heavy (non-hydrogen) atoms. The molecule has 1 unspecified atom stereocenters. The van der Waals surface area contributed by atoms with Crippen LogP contribution < -0.4 is 5.32 Å². The van der Waals surface area contributed by atoms with E-state index in [9.17, 15) is 9.18 Å². The Labute approximate surface area is 117 Å². The van der Waals surface area contributed by atoms with Crippen LogP contribution in [0.3, 0.4) is 0 Å². The minimum absolute atomic E-state index is 0.165. The Kier molecular flexibility index (Phi) is 4.60. The van der Waals surface area contributed by atoms with Crippen molar-refractivity contribution < 1.29 is 9.18 Å². The lowest BCUT2D eigenvalue weighted by atomic mass is 10.2. The number of nitrogens with zero attached hydrogens (tertiary/aromatic N) is 1. The van der Waals surface area contributed by atoms with Crippen LogP contribution in [-0.2, 0) is 4.79 Å².